The highest BCUT2D eigenvalue weighted by Gasteiger charge is 2.07. The van der Waals surface area contributed by atoms with Crippen LogP contribution in [0, 0.1) is 0 Å². The lowest BCUT2D eigenvalue weighted by molar-refractivity contribution is -0.115. The molecule has 7 nitrogen and oxygen atoms in total. The fourth-order valence-electron chi connectivity index (χ4n) is 1.86. The topological polar surface area (TPSA) is 91.3 Å². The Hall–Kier alpha value is -2.48. The molecule has 0 spiro atoms. The number of nitrogens with one attached hydrogen (secondary N) is 3. The summed E-state index contributed by atoms with van der Waals surface area (Å²) >= 11 is 1.61. The van der Waals surface area contributed by atoms with E-state index in [2.05, 4.69) is 50.1 Å². The number of carbonyl (C=O) groups is 1. The number of amides is 1. The van der Waals surface area contributed by atoms with Crippen molar-refractivity contribution < 1.29 is 4.79 Å². The van der Waals surface area contributed by atoms with Crippen LogP contribution < -0.4 is 16.0 Å². The maximum absolute atomic E-state index is 11.9. The summed E-state index contributed by atoms with van der Waals surface area (Å²) < 4.78 is 0. The largest absolute Gasteiger partial charge is 0.350 e. The number of pyridine rings is 1. The van der Waals surface area contributed by atoms with Crippen molar-refractivity contribution in [2.24, 2.45) is 4.99 Å². The number of aromatic nitrogens is 2. The molecular weight excluding hydrogens is 324 g/mol. The van der Waals surface area contributed by atoms with E-state index < -0.39 is 0 Å². The van der Waals surface area contributed by atoms with Crippen LogP contribution in [0.3, 0.4) is 0 Å². The van der Waals surface area contributed by atoms with Crippen molar-refractivity contribution in [3.63, 3.8) is 0 Å². The Bertz CT molecular complexity index is 683. The van der Waals surface area contributed by atoms with Gasteiger partial charge in [-0.05, 0) is 18.1 Å². The van der Waals surface area contributed by atoms with Crippen molar-refractivity contribution in [3.8, 4) is 0 Å². The fourth-order valence-corrected chi connectivity index (χ4v) is 2.75. The van der Waals surface area contributed by atoms with Crippen LogP contribution in [-0.4, -0.2) is 35.4 Å². The molecule has 0 bridgehead atoms. The number of guanidine groups is 1. The summed E-state index contributed by atoms with van der Waals surface area (Å²) in [5, 5.41) is 11.9. The number of aliphatic imine (C=N–C) groups is 1. The summed E-state index contributed by atoms with van der Waals surface area (Å²) in [4.78, 5) is 24.5. The third-order valence-electron chi connectivity index (χ3n) is 3.15. The molecule has 0 saturated carbocycles. The first-order valence-electron chi connectivity index (χ1n) is 7.67. The number of nitrogens with zero attached hydrogens (tertiary/aromatic N) is 3. The van der Waals surface area contributed by atoms with Gasteiger partial charge < -0.3 is 16.0 Å². The molecule has 128 valence electrons. The first kappa shape index (κ1) is 17.9. The smallest absolute Gasteiger partial charge is 0.243 e. The highest BCUT2D eigenvalue weighted by atomic mass is 32.1. The monoisotopic (exact) mass is 346 g/mol. The lowest BCUT2D eigenvalue weighted by Gasteiger charge is -2.11. The molecular formula is C16H22N6OS. The SMILES string of the molecule is CN=C(NCC(=O)Nc1cccnc1)NCc1nc(C(C)C)cs1. The Balaban J connectivity index is 1.76. The van der Waals surface area contributed by atoms with E-state index in [4.69, 9.17) is 0 Å². The van der Waals surface area contributed by atoms with E-state index in [1.165, 1.54) is 0 Å². The summed E-state index contributed by atoms with van der Waals surface area (Å²) in [6, 6.07) is 3.55. The van der Waals surface area contributed by atoms with Gasteiger partial charge in [0.1, 0.15) is 5.01 Å². The van der Waals surface area contributed by atoms with Gasteiger partial charge in [-0.1, -0.05) is 13.8 Å². The Morgan fingerprint density at radius 3 is 2.83 bits per heavy atom. The minimum atomic E-state index is -0.165. The molecule has 2 heterocycles. The van der Waals surface area contributed by atoms with Gasteiger partial charge in [-0.15, -0.1) is 11.3 Å². The zero-order chi connectivity index (χ0) is 17.4. The van der Waals surface area contributed by atoms with Crippen molar-refractivity contribution in [1.29, 1.82) is 0 Å². The molecule has 0 aromatic carbocycles. The van der Waals surface area contributed by atoms with Gasteiger partial charge in [0, 0.05) is 18.6 Å². The van der Waals surface area contributed by atoms with Crippen LogP contribution in [0.4, 0.5) is 5.69 Å². The number of anilines is 1. The predicted molar refractivity (Wildman–Crippen MR) is 97.3 cm³/mol. The summed E-state index contributed by atoms with van der Waals surface area (Å²) in [5.41, 5.74) is 1.76. The van der Waals surface area contributed by atoms with Crippen molar-refractivity contribution in [2.45, 2.75) is 26.3 Å². The molecule has 8 heteroatoms. The molecule has 2 aromatic heterocycles. The zero-order valence-corrected chi connectivity index (χ0v) is 14.9. The first-order valence-corrected chi connectivity index (χ1v) is 8.55. The van der Waals surface area contributed by atoms with Crippen LogP contribution in [0.5, 0.6) is 0 Å². The standard InChI is InChI=1S/C16H22N6OS/c1-11(2)13-10-24-15(22-13)9-20-16(17-3)19-8-14(23)21-12-5-4-6-18-7-12/h4-7,10-11H,8-9H2,1-3H3,(H,21,23)(H2,17,19,20). The number of thiazole rings is 1. The van der Waals surface area contributed by atoms with Gasteiger partial charge in [-0.25, -0.2) is 4.98 Å². The maximum atomic E-state index is 11.9. The van der Waals surface area contributed by atoms with Gasteiger partial charge >= 0.3 is 0 Å². The van der Waals surface area contributed by atoms with Crippen LogP contribution in [-0.2, 0) is 11.3 Å². The minimum absolute atomic E-state index is 0.115. The van der Waals surface area contributed by atoms with Crippen molar-refractivity contribution >= 4 is 28.9 Å². The van der Waals surface area contributed by atoms with Crippen LogP contribution in [0.1, 0.15) is 30.5 Å². The van der Waals surface area contributed by atoms with E-state index in [0.717, 1.165) is 10.7 Å². The molecule has 0 aliphatic heterocycles. The average molecular weight is 346 g/mol. The second-order valence-corrected chi connectivity index (χ2v) is 6.33. The summed E-state index contributed by atoms with van der Waals surface area (Å²) in [6.45, 7) is 4.92. The maximum Gasteiger partial charge on any atom is 0.243 e. The van der Waals surface area contributed by atoms with E-state index in [-0.39, 0.29) is 12.5 Å². The van der Waals surface area contributed by atoms with Crippen molar-refractivity contribution in [1.82, 2.24) is 20.6 Å². The molecule has 2 aromatic rings. The molecule has 0 radical (unpaired) electrons. The Morgan fingerprint density at radius 1 is 1.38 bits per heavy atom. The predicted octanol–water partition coefficient (Wildman–Crippen LogP) is 1.97. The molecule has 0 fully saturated rings. The Morgan fingerprint density at radius 2 is 2.21 bits per heavy atom. The summed E-state index contributed by atoms with van der Waals surface area (Å²) in [5.74, 6) is 0.809. The van der Waals surface area contributed by atoms with Gasteiger partial charge in [-0.2, -0.15) is 0 Å². The Kier molecular flexibility index (Phi) is 6.68. The molecule has 0 saturated heterocycles. The molecule has 3 N–H and O–H groups in total. The van der Waals surface area contributed by atoms with Crippen molar-refractivity contribution in [2.75, 3.05) is 18.9 Å². The van der Waals surface area contributed by atoms with Gasteiger partial charge in [0.15, 0.2) is 5.96 Å². The lowest BCUT2D eigenvalue weighted by Crippen LogP contribution is -2.41. The number of hydrogen-bond donors (Lipinski definition) is 3. The second-order valence-electron chi connectivity index (χ2n) is 5.39. The molecule has 1 amide bonds. The number of rotatable bonds is 6. The van der Waals surface area contributed by atoms with E-state index in [1.807, 2.05) is 0 Å². The van der Waals surface area contributed by atoms with Crippen LogP contribution in [0.2, 0.25) is 0 Å². The Labute approximate surface area is 145 Å². The average Bonchev–Trinajstić information content (AvgIpc) is 3.05. The van der Waals surface area contributed by atoms with E-state index >= 15 is 0 Å². The molecule has 0 aliphatic rings. The van der Waals surface area contributed by atoms with Gasteiger partial charge in [-0.3, -0.25) is 14.8 Å². The van der Waals surface area contributed by atoms with E-state index in [1.54, 1.807) is 42.9 Å². The molecule has 24 heavy (non-hydrogen) atoms. The van der Waals surface area contributed by atoms with E-state index in [9.17, 15) is 4.79 Å². The van der Waals surface area contributed by atoms with Gasteiger partial charge in [0.05, 0.1) is 30.7 Å². The summed E-state index contributed by atoms with van der Waals surface area (Å²) in [7, 11) is 1.66. The fraction of sp³-hybridized carbons (Fsp3) is 0.375. The summed E-state index contributed by atoms with van der Waals surface area (Å²) in [6.07, 6.45) is 3.25. The van der Waals surface area contributed by atoms with Crippen LogP contribution in [0.25, 0.3) is 0 Å². The third-order valence-corrected chi connectivity index (χ3v) is 4.02. The highest BCUT2D eigenvalue weighted by molar-refractivity contribution is 7.09. The second kappa shape index (κ2) is 8.97. The lowest BCUT2D eigenvalue weighted by atomic mass is 10.2. The van der Waals surface area contributed by atoms with Crippen LogP contribution >= 0.6 is 11.3 Å². The third kappa shape index (κ3) is 5.62. The van der Waals surface area contributed by atoms with Gasteiger partial charge in [0.25, 0.3) is 0 Å². The number of hydrogen-bond acceptors (Lipinski definition) is 5. The molecule has 2 rings (SSSR count). The first-order chi connectivity index (χ1) is 11.6. The number of carbonyl (C=O) groups excluding carboxylic acids is 1. The normalized spacial score (nSPS) is 11.4. The molecule has 0 unspecified atom stereocenters. The van der Waals surface area contributed by atoms with Crippen molar-refractivity contribution in [3.05, 3.63) is 40.6 Å². The zero-order valence-electron chi connectivity index (χ0n) is 14.0. The van der Waals surface area contributed by atoms with Crippen LogP contribution in [0.15, 0.2) is 34.9 Å². The molecule has 0 aliphatic carbocycles. The quantitative estimate of drug-likeness (QED) is 0.549. The highest BCUT2D eigenvalue weighted by Crippen LogP contribution is 2.17. The minimum Gasteiger partial charge on any atom is -0.350 e. The van der Waals surface area contributed by atoms with E-state index in [0.29, 0.717) is 24.1 Å². The van der Waals surface area contributed by atoms with Gasteiger partial charge in [0.2, 0.25) is 5.91 Å². The molecule has 0 atom stereocenters.